The van der Waals surface area contributed by atoms with Crippen LogP contribution in [0.2, 0.25) is 0 Å². The highest BCUT2D eigenvalue weighted by molar-refractivity contribution is 5.94. The SMILES string of the molecule is COc1ccccc1[C@H]1CCCN1C(=O)c1n[nH]c2c1CCCC2. The van der Waals surface area contributed by atoms with Gasteiger partial charge in [0.15, 0.2) is 5.69 Å². The molecule has 24 heavy (non-hydrogen) atoms. The number of amides is 1. The third-order valence-corrected chi connectivity index (χ3v) is 5.27. The van der Waals surface area contributed by atoms with E-state index < -0.39 is 0 Å². The van der Waals surface area contributed by atoms with E-state index in [0.717, 1.165) is 61.2 Å². The average Bonchev–Trinajstić information content (AvgIpc) is 3.28. The van der Waals surface area contributed by atoms with Gasteiger partial charge in [-0.25, -0.2) is 0 Å². The molecular weight excluding hydrogens is 302 g/mol. The minimum atomic E-state index is 0.0582. The van der Waals surface area contributed by atoms with Crippen molar-refractivity contribution in [3.05, 3.63) is 46.8 Å². The lowest BCUT2D eigenvalue weighted by atomic mass is 9.95. The van der Waals surface area contributed by atoms with E-state index in [9.17, 15) is 4.79 Å². The molecule has 1 aromatic carbocycles. The van der Waals surface area contributed by atoms with Gasteiger partial charge in [-0.1, -0.05) is 18.2 Å². The number of likely N-dealkylation sites (tertiary alicyclic amines) is 1. The molecule has 126 valence electrons. The Morgan fingerprint density at radius 2 is 2.08 bits per heavy atom. The van der Waals surface area contributed by atoms with E-state index in [1.165, 1.54) is 6.42 Å². The molecule has 0 unspecified atom stereocenters. The molecule has 1 aliphatic carbocycles. The quantitative estimate of drug-likeness (QED) is 0.942. The van der Waals surface area contributed by atoms with Crippen LogP contribution in [-0.2, 0) is 12.8 Å². The van der Waals surface area contributed by atoms with Crippen LogP contribution in [-0.4, -0.2) is 34.7 Å². The van der Waals surface area contributed by atoms with Crippen LogP contribution in [0.25, 0.3) is 0 Å². The Labute approximate surface area is 142 Å². The van der Waals surface area contributed by atoms with Crippen LogP contribution in [0, 0.1) is 0 Å². The Kier molecular flexibility index (Phi) is 4.00. The number of hydrogen-bond donors (Lipinski definition) is 1. The molecule has 1 fully saturated rings. The maximum Gasteiger partial charge on any atom is 0.275 e. The zero-order valence-corrected chi connectivity index (χ0v) is 14.0. The number of methoxy groups -OCH3 is 1. The van der Waals surface area contributed by atoms with Crippen molar-refractivity contribution in [1.29, 1.82) is 0 Å². The van der Waals surface area contributed by atoms with Crippen molar-refractivity contribution in [2.45, 2.75) is 44.6 Å². The number of nitrogens with zero attached hydrogens (tertiary/aromatic N) is 2. The number of H-pyrrole nitrogens is 1. The minimum absolute atomic E-state index is 0.0582. The summed E-state index contributed by atoms with van der Waals surface area (Å²) >= 11 is 0. The Hall–Kier alpha value is -2.30. The molecule has 1 atom stereocenters. The lowest BCUT2D eigenvalue weighted by Gasteiger charge is -2.26. The molecule has 1 saturated heterocycles. The summed E-state index contributed by atoms with van der Waals surface area (Å²) in [6.07, 6.45) is 6.27. The highest BCUT2D eigenvalue weighted by atomic mass is 16.5. The molecule has 5 nitrogen and oxygen atoms in total. The normalized spacial score (nSPS) is 20.0. The van der Waals surface area contributed by atoms with E-state index in [0.29, 0.717) is 5.69 Å². The third-order valence-electron chi connectivity index (χ3n) is 5.27. The number of rotatable bonds is 3. The number of carbonyl (C=O) groups excluding carboxylic acids is 1. The largest absolute Gasteiger partial charge is 0.496 e. The van der Waals surface area contributed by atoms with Crippen molar-refractivity contribution in [3.8, 4) is 5.75 Å². The number of carbonyl (C=O) groups is 1. The van der Waals surface area contributed by atoms with E-state index in [2.05, 4.69) is 16.3 Å². The Morgan fingerprint density at radius 1 is 1.25 bits per heavy atom. The molecular formula is C19H23N3O2. The molecule has 2 heterocycles. The summed E-state index contributed by atoms with van der Waals surface area (Å²) in [5, 5.41) is 7.45. The van der Waals surface area contributed by atoms with Gasteiger partial charge in [-0.15, -0.1) is 0 Å². The van der Waals surface area contributed by atoms with Crippen LogP contribution in [0.4, 0.5) is 0 Å². The number of hydrogen-bond acceptors (Lipinski definition) is 3. The molecule has 1 N–H and O–H groups in total. The summed E-state index contributed by atoms with van der Waals surface area (Å²) in [4.78, 5) is 15.1. The van der Waals surface area contributed by atoms with Crippen LogP contribution < -0.4 is 4.74 Å². The zero-order valence-electron chi connectivity index (χ0n) is 14.0. The summed E-state index contributed by atoms with van der Waals surface area (Å²) in [7, 11) is 1.68. The van der Waals surface area contributed by atoms with E-state index >= 15 is 0 Å². The standard InChI is InChI=1S/C19H23N3O2/c1-24-17-11-5-3-8-14(17)16-10-6-12-22(16)19(23)18-13-7-2-4-9-15(13)20-21-18/h3,5,8,11,16H,2,4,6-7,9-10,12H2,1H3,(H,20,21)/t16-/m1/s1. The van der Waals surface area contributed by atoms with Crippen molar-refractivity contribution >= 4 is 5.91 Å². The van der Waals surface area contributed by atoms with Gasteiger partial charge in [0.05, 0.1) is 13.2 Å². The molecule has 0 bridgehead atoms. The fourth-order valence-corrected chi connectivity index (χ4v) is 4.07. The molecule has 0 radical (unpaired) electrons. The van der Waals surface area contributed by atoms with Crippen molar-refractivity contribution in [1.82, 2.24) is 15.1 Å². The summed E-state index contributed by atoms with van der Waals surface area (Å²) in [6.45, 7) is 0.781. The summed E-state index contributed by atoms with van der Waals surface area (Å²) < 4.78 is 5.51. The first-order valence-corrected chi connectivity index (χ1v) is 8.79. The molecule has 5 heteroatoms. The fraction of sp³-hybridized carbons (Fsp3) is 0.474. The number of benzene rings is 1. The van der Waals surface area contributed by atoms with Gasteiger partial charge in [0, 0.05) is 23.4 Å². The number of para-hydroxylation sites is 1. The second-order valence-corrected chi connectivity index (χ2v) is 6.63. The van der Waals surface area contributed by atoms with Crippen LogP contribution in [0.15, 0.2) is 24.3 Å². The molecule has 1 aliphatic heterocycles. The minimum Gasteiger partial charge on any atom is -0.496 e. The maximum absolute atomic E-state index is 13.2. The molecule has 4 rings (SSSR count). The van der Waals surface area contributed by atoms with Gasteiger partial charge in [0.25, 0.3) is 5.91 Å². The van der Waals surface area contributed by atoms with E-state index in [1.54, 1.807) is 7.11 Å². The number of aromatic amines is 1. The highest BCUT2D eigenvalue weighted by Gasteiger charge is 2.35. The second kappa shape index (κ2) is 6.30. The monoisotopic (exact) mass is 325 g/mol. The predicted molar refractivity (Wildman–Crippen MR) is 91.2 cm³/mol. The molecule has 2 aliphatic rings. The zero-order chi connectivity index (χ0) is 16.5. The van der Waals surface area contributed by atoms with Gasteiger partial charge in [0.2, 0.25) is 0 Å². The maximum atomic E-state index is 13.2. The Balaban J connectivity index is 1.65. The first-order chi connectivity index (χ1) is 11.8. The van der Waals surface area contributed by atoms with Crippen LogP contribution in [0.1, 0.15) is 59.0 Å². The van der Waals surface area contributed by atoms with Gasteiger partial charge in [-0.05, 0) is 44.6 Å². The molecule has 1 amide bonds. The summed E-state index contributed by atoms with van der Waals surface area (Å²) in [6, 6.07) is 8.08. The van der Waals surface area contributed by atoms with Gasteiger partial charge in [-0.2, -0.15) is 5.10 Å². The van der Waals surface area contributed by atoms with Gasteiger partial charge in [-0.3, -0.25) is 9.89 Å². The van der Waals surface area contributed by atoms with Gasteiger partial charge < -0.3 is 9.64 Å². The number of nitrogens with one attached hydrogen (secondary N) is 1. The smallest absolute Gasteiger partial charge is 0.275 e. The lowest BCUT2D eigenvalue weighted by Crippen LogP contribution is -2.31. The second-order valence-electron chi connectivity index (χ2n) is 6.63. The first-order valence-electron chi connectivity index (χ1n) is 8.79. The third kappa shape index (κ3) is 2.48. The Morgan fingerprint density at radius 3 is 2.96 bits per heavy atom. The van der Waals surface area contributed by atoms with E-state index in [4.69, 9.17) is 4.74 Å². The Bertz CT molecular complexity index is 753. The molecule has 1 aromatic heterocycles. The van der Waals surface area contributed by atoms with Crippen molar-refractivity contribution in [2.24, 2.45) is 0 Å². The summed E-state index contributed by atoms with van der Waals surface area (Å²) in [5.74, 6) is 0.911. The van der Waals surface area contributed by atoms with E-state index in [-0.39, 0.29) is 11.9 Å². The number of aryl methyl sites for hydroxylation is 1. The van der Waals surface area contributed by atoms with Crippen LogP contribution in [0.5, 0.6) is 5.75 Å². The fourth-order valence-electron chi connectivity index (χ4n) is 4.07. The van der Waals surface area contributed by atoms with Crippen molar-refractivity contribution in [2.75, 3.05) is 13.7 Å². The number of ether oxygens (including phenoxy) is 1. The topological polar surface area (TPSA) is 58.2 Å². The lowest BCUT2D eigenvalue weighted by molar-refractivity contribution is 0.0727. The first kappa shape index (κ1) is 15.2. The predicted octanol–water partition coefficient (Wildman–Crippen LogP) is 3.27. The van der Waals surface area contributed by atoms with E-state index in [1.807, 2.05) is 23.1 Å². The van der Waals surface area contributed by atoms with Crippen LogP contribution in [0.3, 0.4) is 0 Å². The average molecular weight is 325 g/mol. The molecule has 0 spiro atoms. The highest BCUT2D eigenvalue weighted by Crippen LogP contribution is 2.38. The molecule has 0 saturated carbocycles. The number of aromatic nitrogens is 2. The van der Waals surface area contributed by atoms with Crippen molar-refractivity contribution in [3.63, 3.8) is 0 Å². The van der Waals surface area contributed by atoms with Gasteiger partial charge >= 0.3 is 0 Å². The van der Waals surface area contributed by atoms with Gasteiger partial charge in [0.1, 0.15) is 5.75 Å². The summed E-state index contributed by atoms with van der Waals surface area (Å²) in [5.41, 5.74) is 4.01. The van der Waals surface area contributed by atoms with Crippen molar-refractivity contribution < 1.29 is 9.53 Å². The van der Waals surface area contributed by atoms with Crippen LogP contribution >= 0.6 is 0 Å². The molecule has 2 aromatic rings. The number of fused-ring (bicyclic) bond motifs is 1.